The molecule has 0 aromatic carbocycles. The monoisotopic (exact) mass is 182 g/mol. The maximum Gasteiger partial charge on any atom is 0.322 e. The third-order valence-electron chi connectivity index (χ3n) is 1.22. The smallest absolute Gasteiger partial charge is 0.322 e. The molecule has 0 spiro atoms. The lowest BCUT2D eigenvalue weighted by molar-refractivity contribution is -0.142. The molecule has 0 bridgehead atoms. The van der Waals surface area contributed by atoms with E-state index in [0.29, 0.717) is 13.0 Å². The van der Waals surface area contributed by atoms with Crippen LogP contribution in [0.25, 0.3) is 0 Å². The lowest BCUT2D eigenvalue weighted by Crippen LogP contribution is -2.31. The van der Waals surface area contributed by atoms with E-state index in [2.05, 4.69) is 4.74 Å². The van der Waals surface area contributed by atoms with Gasteiger partial charge >= 0.3 is 5.97 Å². The number of halogens is 1. The van der Waals surface area contributed by atoms with Gasteiger partial charge in [-0.15, -0.1) is 12.4 Å². The van der Waals surface area contributed by atoms with Gasteiger partial charge in [-0.05, 0) is 19.4 Å². The fraction of sp³-hybridized carbons (Fsp3) is 0.833. The Morgan fingerprint density at radius 3 is 2.55 bits per heavy atom. The van der Waals surface area contributed by atoms with E-state index in [-0.39, 0.29) is 18.4 Å². The van der Waals surface area contributed by atoms with Crippen LogP contribution in [0, 0.1) is 0 Å². The average molecular weight is 183 g/mol. The molecule has 0 saturated carbocycles. The summed E-state index contributed by atoms with van der Waals surface area (Å²) in [6.07, 6.45) is 1.36. The van der Waals surface area contributed by atoms with E-state index in [1.165, 1.54) is 7.11 Å². The zero-order chi connectivity index (χ0) is 7.98. The van der Waals surface area contributed by atoms with Crippen molar-refractivity contribution in [3.63, 3.8) is 0 Å². The Morgan fingerprint density at radius 2 is 2.18 bits per heavy atom. The maximum absolute atomic E-state index is 10.6. The van der Waals surface area contributed by atoms with Crippen LogP contribution in [-0.4, -0.2) is 25.7 Å². The summed E-state index contributed by atoms with van der Waals surface area (Å²) in [5.74, 6) is -0.367. The van der Waals surface area contributed by atoms with Gasteiger partial charge in [0.15, 0.2) is 0 Å². The van der Waals surface area contributed by atoms with E-state index in [1.807, 2.05) is 0 Å². The standard InChI is InChI=1S/C6H14N2O2.ClH/c1-10-6(9)5(8)3-2-4-7;/h5H,2-4,7-8H2,1H3;1H. The molecule has 5 heteroatoms. The Bertz CT molecular complexity index is 111. The van der Waals surface area contributed by atoms with Crippen LogP contribution in [0.15, 0.2) is 0 Å². The molecule has 11 heavy (non-hydrogen) atoms. The molecular weight excluding hydrogens is 168 g/mol. The first-order valence-electron chi connectivity index (χ1n) is 3.26. The lowest BCUT2D eigenvalue weighted by atomic mass is 10.2. The summed E-state index contributed by atoms with van der Waals surface area (Å²) >= 11 is 0. The van der Waals surface area contributed by atoms with Gasteiger partial charge in [-0.3, -0.25) is 4.79 Å². The molecule has 0 aliphatic heterocycles. The normalized spacial score (nSPS) is 11.5. The third-order valence-corrected chi connectivity index (χ3v) is 1.22. The van der Waals surface area contributed by atoms with E-state index in [4.69, 9.17) is 11.5 Å². The SMILES string of the molecule is COC(=O)C(N)CCCN.Cl. The first-order valence-corrected chi connectivity index (χ1v) is 3.26. The Hall–Kier alpha value is -0.320. The highest BCUT2D eigenvalue weighted by molar-refractivity contribution is 5.85. The second-order valence-electron chi connectivity index (χ2n) is 2.06. The average Bonchev–Trinajstić information content (AvgIpc) is 1.98. The predicted octanol–water partition coefficient (Wildman–Crippen LogP) is -0.353. The molecule has 0 aromatic rings. The zero-order valence-corrected chi connectivity index (χ0v) is 7.39. The van der Waals surface area contributed by atoms with Gasteiger partial charge in [0.2, 0.25) is 0 Å². The van der Waals surface area contributed by atoms with Gasteiger partial charge in [0.1, 0.15) is 6.04 Å². The van der Waals surface area contributed by atoms with Crippen LogP contribution < -0.4 is 11.5 Å². The second kappa shape index (κ2) is 7.78. The van der Waals surface area contributed by atoms with Crippen LogP contribution in [0.4, 0.5) is 0 Å². The molecule has 0 aliphatic rings. The van der Waals surface area contributed by atoms with Crippen LogP contribution in [0.3, 0.4) is 0 Å². The van der Waals surface area contributed by atoms with Gasteiger partial charge in [-0.2, -0.15) is 0 Å². The predicted molar refractivity (Wildman–Crippen MR) is 45.5 cm³/mol. The number of hydrogen-bond donors (Lipinski definition) is 2. The van der Waals surface area contributed by atoms with E-state index in [9.17, 15) is 4.79 Å². The van der Waals surface area contributed by atoms with Crippen molar-refractivity contribution >= 4 is 18.4 Å². The number of esters is 1. The van der Waals surface area contributed by atoms with Crippen molar-refractivity contribution < 1.29 is 9.53 Å². The number of methoxy groups -OCH3 is 1. The summed E-state index contributed by atoms with van der Waals surface area (Å²) in [6.45, 7) is 0.560. The van der Waals surface area contributed by atoms with Crippen LogP contribution in [0.2, 0.25) is 0 Å². The molecule has 1 atom stereocenters. The summed E-state index contributed by atoms with van der Waals surface area (Å²) in [4.78, 5) is 10.6. The zero-order valence-electron chi connectivity index (χ0n) is 6.58. The second-order valence-corrected chi connectivity index (χ2v) is 2.06. The molecule has 1 unspecified atom stereocenters. The Morgan fingerprint density at radius 1 is 1.64 bits per heavy atom. The molecule has 4 nitrogen and oxygen atoms in total. The summed E-state index contributed by atoms with van der Waals surface area (Å²) in [6, 6.07) is -0.506. The molecule has 4 N–H and O–H groups in total. The summed E-state index contributed by atoms with van der Waals surface area (Å²) in [5.41, 5.74) is 10.6. The minimum absolute atomic E-state index is 0. The van der Waals surface area contributed by atoms with Crippen molar-refractivity contribution in [1.82, 2.24) is 0 Å². The van der Waals surface area contributed by atoms with Crippen molar-refractivity contribution in [3.05, 3.63) is 0 Å². The topological polar surface area (TPSA) is 78.3 Å². The van der Waals surface area contributed by atoms with Gasteiger partial charge in [0.05, 0.1) is 7.11 Å². The summed E-state index contributed by atoms with van der Waals surface area (Å²) in [5, 5.41) is 0. The number of carbonyl (C=O) groups is 1. The molecule has 0 amide bonds. The Labute approximate surface area is 72.7 Å². The molecule has 0 fully saturated rings. The summed E-state index contributed by atoms with van der Waals surface area (Å²) in [7, 11) is 1.32. The number of carbonyl (C=O) groups excluding carboxylic acids is 1. The fourth-order valence-corrected chi connectivity index (χ4v) is 0.607. The molecule has 0 radical (unpaired) electrons. The fourth-order valence-electron chi connectivity index (χ4n) is 0.607. The van der Waals surface area contributed by atoms with Gasteiger partial charge in [-0.1, -0.05) is 0 Å². The van der Waals surface area contributed by atoms with Gasteiger partial charge in [-0.25, -0.2) is 0 Å². The highest BCUT2D eigenvalue weighted by atomic mass is 35.5. The molecule has 0 rings (SSSR count). The summed E-state index contributed by atoms with van der Waals surface area (Å²) < 4.78 is 4.40. The minimum Gasteiger partial charge on any atom is -0.468 e. The minimum atomic E-state index is -0.506. The highest BCUT2D eigenvalue weighted by Crippen LogP contribution is 1.93. The quantitative estimate of drug-likeness (QED) is 0.583. The number of hydrogen-bond acceptors (Lipinski definition) is 4. The van der Waals surface area contributed by atoms with Crippen molar-refractivity contribution in [3.8, 4) is 0 Å². The molecular formula is C6H15ClN2O2. The highest BCUT2D eigenvalue weighted by Gasteiger charge is 2.11. The van der Waals surface area contributed by atoms with Crippen LogP contribution in [0.1, 0.15) is 12.8 Å². The Balaban J connectivity index is 0. The first-order chi connectivity index (χ1) is 4.72. The molecule has 0 heterocycles. The third kappa shape index (κ3) is 6.09. The van der Waals surface area contributed by atoms with Crippen LogP contribution >= 0.6 is 12.4 Å². The van der Waals surface area contributed by atoms with Gasteiger partial charge in [0.25, 0.3) is 0 Å². The Kier molecular flexibility index (Phi) is 9.40. The lowest BCUT2D eigenvalue weighted by Gasteiger charge is -2.06. The first kappa shape index (κ1) is 13.3. The number of ether oxygens (including phenoxy) is 1. The van der Waals surface area contributed by atoms with E-state index in [0.717, 1.165) is 6.42 Å². The maximum atomic E-state index is 10.6. The number of nitrogens with two attached hydrogens (primary N) is 2. The van der Waals surface area contributed by atoms with Crippen molar-refractivity contribution in [2.45, 2.75) is 18.9 Å². The van der Waals surface area contributed by atoms with Crippen molar-refractivity contribution in [2.75, 3.05) is 13.7 Å². The molecule has 0 aliphatic carbocycles. The van der Waals surface area contributed by atoms with Gasteiger partial charge in [0, 0.05) is 0 Å². The van der Waals surface area contributed by atoms with Crippen molar-refractivity contribution in [2.24, 2.45) is 11.5 Å². The number of rotatable bonds is 4. The van der Waals surface area contributed by atoms with Crippen LogP contribution in [-0.2, 0) is 9.53 Å². The van der Waals surface area contributed by atoms with Crippen LogP contribution in [0.5, 0.6) is 0 Å². The molecule has 0 aromatic heterocycles. The van der Waals surface area contributed by atoms with Gasteiger partial charge < -0.3 is 16.2 Å². The van der Waals surface area contributed by atoms with E-state index < -0.39 is 6.04 Å². The largest absolute Gasteiger partial charge is 0.468 e. The van der Waals surface area contributed by atoms with E-state index >= 15 is 0 Å². The van der Waals surface area contributed by atoms with E-state index in [1.54, 1.807) is 0 Å². The van der Waals surface area contributed by atoms with Crippen molar-refractivity contribution in [1.29, 1.82) is 0 Å². The molecule has 68 valence electrons. The molecule has 0 saturated heterocycles.